The number of rotatable bonds is 7. The molecule has 1 aromatic carbocycles. The molecule has 132 valence electrons. The second-order valence-corrected chi connectivity index (χ2v) is 5.87. The molecule has 1 heterocycles. The first-order valence-electron chi connectivity index (χ1n) is 8.19. The van der Waals surface area contributed by atoms with Gasteiger partial charge in [-0.25, -0.2) is 0 Å². The normalized spacial score (nSPS) is 19.4. The molecule has 1 fully saturated rings. The minimum absolute atomic E-state index is 0.310. The maximum atomic E-state index is 12.7. The van der Waals surface area contributed by atoms with Crippen molar-refractivity contribution >= 4 is 25.1 Å². The second-order valence-electron chi connectivity index (χ2n) is 5.87. The zero-order valence-electron chi connectivity index (χ0n) is 14.1. The standard InChI is InChI=1S/C17H21BN2O5/c1-12(21)25-15-8-5-9-20(15)17(23)16(22)14(19-11-18-24)10-13-6-3-2-4-7-13/h2-4,6-7,11,14-16,22H,5,8-10H2,1H3. The molecule has 1 amide bonds. The number of nitrogens with zero attached hydrogens (tertiary/aromatic N) is 2. The van der Waals surface area contributed by atoms with Crippen LogP contribution in [0.15, 0.2) is 35.3 Å². The molecule has 7 nitrogen and oxygen atoms in total. The van der Waals surface area contributed by atoms with E-state index in [9.17, 15) is 19.4 Å². The molecule has 0 spiro atoms. The number of hydrogen-bond donors (Lipinski definition) is 1. The van der Waals surface area contributed by atoms with E-state index in [0.29, 0.717) is 33.0 Å². The Morgan fingerprint density at radius 3 is 2.80 bits per heavy atom. The van der Waals surface area contributed by atoms with Gasteiger partial charge in [0.1, 0.15) is 0 Å². The first-order chi connectivity index (χ1) is 12.0. The van der Waals surface area contributed by atoms with Crippen molar-refractivity contribution in [2.75, 3.05) is 6.54 Å². The van der Waals surface area contributed by atoms with Gasteiger partial charge in [-0.15, -0.1) is 0 Å². The summed E-state index contributed by atoms with van der Waals surface area (Å²) < 4.78 is 15.7. The van der Waals surface area contributed by atoms with Crippen LogP contribution in [0, 0.1) is 0 Å². The fourth-order valence-corrected chi connectivity index (χ4v) is 2.88. The number of hydrogen-bond acceptors (Lipinski definition) is 6. The number of aliphatic hydroxyl groups excluding tert-OH is 1. The molecule has 0 radical (unpaired) electrons. The third-order valence-electron chi connectivity index (χ3n) is 4.03. The van der Waals surface area contributed by atoms with Crippen LogP contribution in [-0.2, 0) is 25.5 Å². The molecule has 2 rings (SSSR count). The Labute approximate surface area is 146 Å². The van der Waals surface area contributed by atoms with Gasteiger partial charge in [0.05, 0.1) is 0 Å². The zero-order valence-corrected chi connectivity index (χ0v) is 14.1. The van der Waals surface area contributed by atoms with E-state index >= 15 is 0 Å². The van der Waals surface area contributed by atoms with Crippen molar-refractivity contribution in [1.29, 1.82) is 0 Å². The van der Waals surface area contributed by atoms with E-state index in [1.165, 1.54) is 11.8 Å². The van der Waals surface area contributed by atoms with Gasteiger partial charge in [-0.1, -0.05) is 0 Å². The van der Waals surface area contributed by atoms with E-state index < -0.39 is 30.3 Å². The van der Waals surface area contributed by atoms with Crippen LogP contribution < -0.4 is 0 Å². The predicted octanol–water partition coefficient (Wildman–Crippen LogP) is 0.548. The molecule has 1 aromatic rings. The van der Waals surface area contributed by atoms with E-state index in [4.69, 9.17) is 4.74 Å². The quantitative estimate of drug-likeness (QED) is 0.443. The summed E-state index contributed by atoms with van der Waals surface area (Å²) in [6, 6.07) is 8.49. The second kappa shape index (κ2) is 9.22. The number of aliphatic imine (C=N–C) groups is 1. The number of amides is 1. The molecular weight excluding hydrogens is 323 g/mol. The summed E-state index contributed by atoms with van der Waals surface area (Å²) >= 11 is 0. The topological polar surface area (TPSA) is 96.3 Å². The van der Waals surface area contributed by atoms with E-state index in [1.807, 2.05) is 30.3 Å². The number of benzene rings is 1. The number of carbonyl (C=O) groups excluding carboxylic acids is 2. The first-order valence-corrected chi connectivity index (χ1v) is 8.19. The average Bonchev–Trinajstić information content (AvgIpc) is 3.05. The minimum atomic E-state index is -1.42. The molecule has 25 heavy (non-hydrogen) atoms. The summed E-state index contributed by atoms with van der Waals surface area (Å²) in [6.07, 6.45) is 0.498. The molecule has 1 N–H and O–H groups in total. The van der Waals surface area contributed by atoms with Crippen molar-refractivity contribution < 1.29 is 24.1 Å². The number of aliphatic hydroxyl groups is 1. The van der Waals surface area contributed by atoms with E-state index in [1.54, 1.807) is 0 Å². The van der Waals surface area contributed by atoms with Crippen molar-refractivity contribution in [3.63, 3.8) is 0 Å². The molecule has 0 aliphatic carbocycles. The van der Waals surface area contributed by atoms with Gasteiger partial charge in [0, 0.05) is 0 Å². The number of likely N-dealkylation sites (tertiary alicyclic amines) is 1. The van der Waals surface area contributed by atoms with Gasteiger partial charge in [-0.05, 0) is 0 Å². The first kappa shape index (κ1) is 19.0. The van der Waals surface area contributed by atoms with Gasteiger partial charge in [-0.3, -0.25) is 0 Å². The Bertz CT molecular complexity index is 637. The summed E-state index contributed by atoms with van der Waals surface area (Å²) in [5, 5.41) is 10.5. The fourth-order valence-electron chi connectivity index (χ4n) is 2.88. The van der Waals surface area contributed by atoms with Crippen LogP contribution in [0.5, 0.6) is 0 Å². The van der Waals surface area contributed by atoms with Gasteiger partial charge in [-0.2, -0.15) is 0 Å². The number of esters is 1. The summed E-state index contributed by atoms with van der Waals surface area (Å²) in [5.74, 6) is -1.02. The van der Waals surface area contributed by atoms with Crippen LogP contribution in [0.1, 0.15) is 25.3 Å². The molecule has 3 atom stereocenters. The van der Waals surface area contributed by atoms with Gasteiger partial charge in [0.25, 0.3) is 0 Å². The van der Waals surface area contributed by atoms with Crippen LogP contribution in [0.4, 0.5) is 0 Å². The Morgan fingerprint density at radius 1 is 1.44 bits per heavy atom. The average molecular weight is 344 g/mol. The Morgan fingerprint density at radius 2 is 2.16 bits per heavy atom. The third kappa shape index (κ3) is 5.32. The maximum absolute atomic E-state index is 12.7. The molecule has 0 bridgehead atoms. The molecule has 3 unspecified atom stereocenters. The summed E-state index contributed by atoms with van der Waals surface area (Å²) in [6.45, 7) is 1.69. The van der Waals surface area contributed by atoms with Crippen molar-refractivity contribution in [3.8, 4) is 0 Å². The van der Waals surface area contributed by atoms with Crippen molar-refractivity contribution in [2.45, 2.75) is 44.6 Å². The monoisotopic (exact) mass is 344 g/mol. The Balaban J connectivity index is 2.12. The molecule has 0 saturated carbocycles. The summed E-state index contributed by atoms with van der Waals surface area (Å²) in [7, 11) is 0.507. The molecule has 1 aliphatic rings. The van der Waals surface area contributed by atoms with Crippen molar-refractivity contribution in [3.05, 3.63) is 35.9 Å². The van der Waals surface area contributed by atoms with Crippen LogP contribution >= 0.6 is 0 Å². The van der Waals surface area contributed by atoms with Crippen LogP contribution in [0.25, 0.3) is 0 Å². The molecule has 1 saturated heterocycles. The van der Waals surface area contributed by atoms with Gasteiger partial charge in [0.15, 0.2) is 0 Å². The van der Waals surface area contributed by atoms with Crippen molar-refractivity contribution in [2.24, 2.45) is 4.99 Å². The SMILES string of the molecule is CC(=O)OC1CCCN1C(=O)C(O)C(Cc1ccccc1)N=CB=O. The van der Waals surface area contributed by atoms with Gasteiger partial charge in [0.2, 0.25) is 0 Å². The van der Waals surface area contributed by atoms with E-state index in [0.717, 1.165) is 11.7 Å². The summed E-state index contributed by atoms with van der Waals surface area (Å²) in [5.41, 5.74) is 0.889. The predicted molar refractivity (Wildman–Crippen MR) is 91.4 cm³/mol. The third-order valence-corrected chi connectivity index (χ3v) is 4.03. The summed E-state index contributed by atoms with van der Waals surface area (Å²) in [4.78, 5) is 29.2. The van der Waals surface area contributed by atoms with E-state index in [-0.39, 0.29) is 0 Å². The molecule has 0 aromatic heterocycles. The Hall–Kier alpha value is -2.35. The number of ether oxygens (including phenoxy) is 1. The molecule has 1 aliphatic heterocycles. The fraction of sp³-hybridized carbons (Fsp3) is 0.471. The van der Waals surface area contributed by atoms with Gasteiger partial charge < -0.3 is 0 Å². The zero-order chi connectivity index (χ0) is 18.2. The molecule has 8 heteroatoms. The number of carbonyl (C=O) groups is 2. The van der Waals surface area contributed by atoms with Gasteiger partial charge >= 0.3 is 146 Å². The van der Waals surface area contributed by atoms with Crippen LogP contribution in [0.2, 0.25) is 0 Å². The van der Waals surface area contributed by atoms with Crippen LogP contribution in [-0.4, -0.2) is 60.1 Å². The Kier molecular flexibility index (Phi) is 7.00. The van der Waals surface area contributed by atoms with Crippen molar-refractivity contribution in [1.82, 2.24) is 4.90 Å². The molecular formula is C17H21BN2O5. The van der Waals surface area contributed by atoms with Crippen LogP contribution in [0.3, 0.4) is 0 Å². The van der Waals surface area contributed by atoms with E-state index in [2.05, 4.69) is 4.99 Å².